The summed E-state index contributed by atoms with van der Waals surface area (Å²) in [6.07, 6.45) is 18.1. The summed E-state index contributed by atoms with van der Waals surface area (Å²) in [4.78, 5) is 12.8. The maximum atomic E-state index is 5.03. The van der Waals surface area contributed by atoms with Crippen molar-refractivity contribution in [1.82, 2.24) is 4.98 Å². The molecule has 0 aliphatic heterocycles. The monoisotopic (exact) mass is 682 g/mol. The van der Waals surface area contributed by atoms with Crippen LogP contribution in [0.25, 0.3) is 71.1 Å². The Kier molecular flexibility index (Phi) is 8.74. The SMILES string of the molecule is C=C/C(=C\N=C(/C)c1cccc2c(CC)c(/C=C\C)sc12)c1cccc2c(-c3ccc(-c4cccc5c6c(sc45)C=CCC6)nc3)cccc12. The Morgan fingerprint density at radius 3 is 2.38 bits per heavy atom. The standard InChI is InChI=1S/C46H38N2S2/c1-5-14-43-32(7-3)39-21-10-16-33(45(39)49-43)29(4)47-27-30(6-2)34-17-11-20-37-35(18-12-19-36(34)37)31-25-26-42(48-28-31)41-23-13-22-40-38-15-8-9-24-44(38)50-46(40)41/h5-6,9-14,16-28H,2,7-8,15H2,1,3-4H3/b14-5-,30-27+,47-29+. The van der Waals surface area contributed by atoms with Gasteiger partial charge in [-0.1, -0.05) is 111 Å². The summed E-state index contributed by atoms with van der Waals surface area (Å²) in [5, 5.41) is 5.05. The highest BCUT2D eigenvalue weighted by molar-refractivity contribution is 7.21. The quantitative estimate of drug-likeness (QED) is 0.116. The molecule has 0 amide bonds. The van der Waals surface area contributed by atoms with Crippen LogP contribution in [0.3, 0.4) is 0 Å². The highest BCUT2D eigenvalue weighted by atomic mass is 32.1. The average Bonchev–Trinajstić information content (AvgIpc) is 3.73. The van der Waals surface area contributed by atoms with Crippen LogP contribution < -0.4 is 0 Å². The Hall–Kier alpha value is -5.16. The van der Waals surface area contributed by atoms with E-state index in [2.05, 4.69) is 137 Å². The Labute approximate surface area is 302 Å². The first kappa shape index (κ1) is 32.1. The number of rotatable bonds is 8. The second-order valence-electron chi connectivity index (χ2n) is 12.7. The maximum Gasteiger partial charge on any atom is 0.0716 e. The lowest BCUT2D eigenvalue weighted by Crippen LogP contribution is -1.94. The summed E-state index contributed by atoms with van der Waals surface area (Å²) < 4.78 is 2.63. The number of pyridine rings is 1. The number of allylic oxidation sites excluding steroid dienone is 4. The van der Waals surface area contributed by atoms with Crippen molar-refractivity contribution in [2.75, 3.05) is 0 Å². The Morgan fingerprint density at radius 1 is 0.840 bits per heavy atom. The van der Waals surface area contributed by atoms with Gasteiger partial charge in [-0.25, -0.2) is 0 Å². The summed E-state index contributed by atoms with van der Waals surface area (Å²) in [5.41, 5.74) is 11.6. The fourth-order valence-corrected chi connectivity index (χ4v) is 10.1. The van der Waals surface area contributed by atoms with Crippen molar-refractivity contribution in [3.8, 4) is 22.4 Å². The summed E-state index contributed by atoms with van der Waals surface area (Å²) in [6.45, 7) is 10.6. The number of nitrogens with zero attached hydrogens (tertiary/aromatic N) is 2. The minimum Gasteiger partial charge on any atom is -0.260 e. The molecule has 0 radical (unpaired) electrons. The second kappa shape index (κ2) is 13.6. The molecule has 0 bridgehead atoms. The van der Waals surface area contributed by atoms with Crippen LogP contribution in [0, 0.1) is 0 Å². The Bertz CT molecular complexity index is 2550. The largest absolute Gasteiger partial charge is 0.260 e. The number of hydrogen-bond donors (Lipinski definition) is 0. The van der Waals surface area contributed by atoms with Gasteiger partial charge in [-0.3, -0.25) is 9.98 Å². The van der Waals surface area contributed by atoms with Crippen molar-refractivity contribution in [2.24, 2.45) is 4.99 Å². The fraction of sp³-hybridized carbons (Fsp3) is 0.130. The predicted molar refractivity (Wildman–Crippen MR) is 222 cm³/mol. The number of aryl methyl sites for hydroxylation is 2. The minimum atomic E-state index is 0.990. The Morgan fingerprint density at radius 2 is 1.60 bits per heavy atom. The molecule has 0 atom stereocenters. The third kappa shape index (κ3) is 5.59. The molecule has 0 N–H and O–H groups in total. The fourth-order valence-electron chi connectivity index (χ4n) is 7.32. The summed E-state index contributed by atoms with van der Waals surface area (Å²) in [7, 11) is 0. The number of aliphatic imine (C=N–C) groups is 1. The predicted octanol–water partition coefficient (Wildman–Crippen LogP) is 13.6. The van der Waals surface area contributed by atoms with Gasteiger partial charge in [0.25, 0.3) is 0 Å². The van der Waals surface area contributed by atoms with E-state index < -0.39 is 0 Å². The number of hydrogen-bond acceptors (Lipinski definition) is 4. The van der Waals surface area contributed by atoms with Gasteiger partial charge >= 0.3 is 0 Å². The van der Waals surface area contributed by atoms with Crippen molar-refractivity contribution in [1.29, 1.82) is 0 Å². The van der Waals surface area contributed by atoms with Crippen molar-refractivity contribution < 1.29 is 0 Å². The highest BCUT2D eigenvalue weighted by Gasteiger charge is 2.17. The molecule has 1 aliphatic rings. The van der Waals surface area contributed by atoms with Crippen LogP contribution in [0.1, 0.15) is 59.2 Å². The number of thiophene rings is 2. The molecule has 7 aromatic rings. The van der Waals surface area contributed by atoms with E-state index in [-0.39, 0.29) is 0 Å². The lowest BCUT2D eigenvalue weighted by Gasteiger charge is -2.12. The van der Waals surface area contributed by atoms with Crippen molar-refractivity contribution in [3.05, 3.63) is 154 Å². The molecule has 1 aliphatic carbocycles. The topological polar surface area (TPSA) is 25.2 Å². The van der Waals surface area contributed by atoms with Crippen molar-refractivity contribution >= 4 is 77.1 Å². The number of aromatic nitrogens is 1. The van der Waals surface area contributed by atoms with Crippen molar-refractivity contribution in [3.63, 3.8) is 0 Å². The number of benzene rings is 4. The third-order valence-electron chi connectivity index (χ3n) is 9.79. The molecule has 3 aromatic heterocycles. The van der Waals surface area contributed by atoms with Gasteiger partial charge in [0.15, 0.2) is 0 Å². The normalized spacial score (nSPS) is 13.6. The molecule has 8 rings (SSSR count). The van der Waals surface area contributed by atoms with Gasteiger partial charge < -0.3 is 0 Å². The lowest BCUT2D eigenvalue weighted by molar-refractivity contribution is 1.01. The molecule has 244 valence electrons. The summed E-state index contributed by atoms with van der Waals surface area (Å²) in [6, 6.07) is 30.6. The molecule has 4 heteroatoms. The molecule has 2 nitrogen and oxygen atoms in total. The van der Waals surface area contributed by atoms with E-state index in [4.69, 9.17) is 9.98 Å². The summed E-state index contributed by atoms with van der Waals surface area (Å²) >= 11 is 3.74. The van der Waals surface area contributed by atoms with E-state index >= 15 is 0 Å². The zero-order valence-corrected chi connectivity index (χ0v) is 30.3. The maximum absolute atomic E-state index is 5.03. The van der Waals surface area contributed by atoms with Crippen molar-refractivity contribution in [2.45, 2.75) is 40.0 Å². The van der Waals surface area contributed by atoms with Crippen LogP contribution >= 0.6 is 22.7 Å². The number of fused-ring (bicyclic) bond motifs is 5. The first-order valence-corrected chi connectivity index (χ1v) is 19.0. The van der Waals surface area contributed by atoms with E-state index in [0.29, 0.717) is 0 Å². The molecule has 0 spiro atoms. The van der Waals surface area contributed by atoms with Crippen LogP contribution in [0.5, 0.6) is 0 Å². The summed E-state index contributed by atoms with van der Waals surface area (Å²) in [5.74, 6) is 0. The molecule has 50 heavy (non-hydrogen) atoms. The molecule has 0 fully saturated rings. The molecular formula is C46H38N2S2. The van der Waals surface area contributed by atoms with E-state index in [1.54, 1.807) is 0 Å². The molecule has 4 aromatic carbocycles. The zero-order chi connectivity index (χ0) is 34.2. The smallest absolute Gasteiger partial charge is 0.0716 e. The van der Waals surface area contributed by atoms with Crippen LogP contribution in [0.2, 0.25) is 0 Å². The molecule has 3 heterocycles. The van der Waals surface area contributed by atoms with Gasteiger partial charge in [-0.05, 0) is 101 Å². The van der Waals surface area contributed by atoms with Crippen LogP contribution in [-0.2, 0) is 12.8 Å². The van der Waals surface area contributed by atoms with Gasteiger partial charge in [0.1, 0.15) is 0 Å². The Balaban J connectivity index is 1.14. The second-order valence-corrected chi connectivity index (χ2v) is 14.8. The van der Waals surface area contributed by atoms with E-state index in [1.165, 1.54) is 63.0 Å². The first-order valence-electron chi connectivity index (χ1n) is 17.3. The molecule has 0 unspecified atom stereocenters. The van der Waals surface area contributed by atoms with E-state index in [9.17, 15) is 0 Å². The first-order chi connectivity index (χ1) is 24.6. The van der Waals surface area contributed by atoms with Crippen LogP contribution in [0.4, 0.5) is 0 Å². The van der Waals surface area contributed by atoms with Gasteiger partial charge in [0.05, 0.1) is 5.69 Å². The molecule has 0 saturated carbocycles. The van der Waals surface area contributed by atoms with Gasteiger partial charge in [0, 0.05) is 54.0 Å². The lowest BCUT2D eigenvalue weighted by atomic mass is 9.93. The van der Waals surface area contributed by atoms with E-state index in [0.717, 1.165) is 52.9 Å². The minimum absolute atomic E-state index is 0.990. The van der Waals surface area contributed by atoms with Gasteiger partial charge in [-0.15, -0.1) is 22.7 Å². The van der Waals surface area contributed by atoms with E-state index in [1.807, 2.05) is 41.1 Å². The molecular weight excluding hydrogens is 645 g/mol. The highest BCUT2D eigenvalue weighted by Crippen LogP contribution is 2.41. The zero-order valence-electron chi connectivity index (χ0n) is 28.7. The molecule has 0 saturated heterocycles. The van der Waals surface area contributed by atoms with Gasteiger partial charge in [0.2, 0.25) is 0 Å². The third-order valence-corrected chi connectivity index (χ3v) is 12.3. The average molecular weight is 683 g/mol. The van der Waals surface area contributed by atoms with Crippen LogP contribution in [0.15, 0.2) is 127 Å². The van der Waals surface area contributed by atoms with Crippen LogP contribution in [-0.4, -0.2) is 10.7 Å². The van der Waals surface area contributed by atoms with Gasteiger partial charge in [-0.2, -0.15) is 0 Å².